The van der Waals surface area contributed by atoms with Gasteiger partial charge in [0.15, 0.2) is 6.29 Å². The lowest BCUT2D eigenvalue weighted by molar-refractivity contribution is -0.268. The number of nitrogens with one attached hydrogen (secondary N) is 1. The van der Waals surface area contributed by atoms with Crippen LogP contribution in [0.3, 0.4) is 0 Å². The van der Waals surface area contributed by atoms with Crippen molar-refractivity contribution >= 4 is 23.6 Å². The first-order chi connectivity index (χ1) is 23.4. The van der Waals surface area contributed by atoms with Gasteiger partial charge < -0.3 is 25.0 Å². The number of benzene rings is 5. The van der Waals surface area contributed by atoms with Gasteiger partial charge in [0.1, 0.15) is 0 Å². The molecule has 8 heteroatoms. The van der Waals surface area contributed by atoms with Crippen LogP contribution in [0.2, 0.25) is 0 Å². The van der Waals surface area contributed by atoms with Gasteiger partial charge in [0.05, 0.1) is 24.4 Å². The number of hydrogen-bond acceptors (Lipinski definition) is 6. The number of carboxylic acids is 1. The maximum absolute atomic E-state index is 12.6. The van der Waals surface area contributed by atoms with E-state index in [0.717, 1.165) is 33.4 Å². The van der Waals surface area contributed by atoms with Crippen LogP contribution in [0.25, 0.3) is 11.1 Å². The smallest absolute Gasteiger partial charge is 0.336 e. The van der Waals surface area contributed by atoms with E-state index in [1.165, 1.54) is 11.8 Å². The van der Waals surface area contributed by atoms with Crippen LogP contribution in [-0.2, 0) is 22.6 Å². The fourth-order valence-electron chi connectivity index (χ4n) is 5.85. The van der Waals surface area contributed by atoms with Gasteiger partial charge in [-0.2, -0.15) is 0 Å². The second-order valence-corrected chi connectivity index (χ2v) is 12.9. The third-order valence-electron chi connectivity index (χ3n) is 8.55. The molecule has 0 aliphatic carbocycles. The minimum atomic E-state index is -0.960. The Balaban J connectivity index is 1.24. The summed E-state index contributed by atoms with van der Waals surface area (Å²) in [6.07, 6.45) is -1.22. The van der Waals surface area contributed by atoms with Crippen LogP contribution in [0.4, 0.5) is 0 Å². The Bertz CT molecular complexity index is 1860. The molecule has 4 atom stereocenters. The number of carbonyl (C=O) groups is 2. The van der Waals surface area contributed by atoms with Crippen LogP contribution < -0.4 is 5.32 Å². The third-order valence-corrected chi connectivity index (χ3v) is 9.71. The molecule has 3 N–H and O–H groups in total. The zero-order chi connectivity index (χ0) is 33.5. The van der Waals surface area contributed by atoms with Crippen molar-refractivity contribution in [2.24, 2.45) is 5.92 Å². The van der Waals surface area contributed by atoms with Crippen molar-refractivity contribution in [3.63, 3.8) is 0 Å². The molecular formula is C40H37NO6S. The van der Waals surface area contributed by atoms with Gasteiger partial charge in [-0.25, -0.2) is 4.79 Å². The van der Waals surface area contributed by atoms with Crippen molar-refractivity contribution in [1.29, 1.82) is 0 Å². The molecule has 48 heavy (non-hydrogen) atoms. The topological polar surface area (TPSA) is 105 Å². The number of thioether (sulfide) groups is 1. The molecule has 0 saturated carbocycles. The van der Waals surface area contributed by atoms with Gasteiger partial charge in [0, 0.05) is 34.2 Å². The molecule has 0 bridgehead atoms. The Morgan fingerprint density at radius 2 is 1.46 bits per heavy atom. The van der Waals surface area contributed by atoms with E-state index >= 15 is 0 Å². The predicted octanol–water partition coefficient (Wildman–Crippen LogP) is 8.06. The molecule has 7 nitrogen and oxygen atoms in total. The normalized spacial score (nSPS) is 19.0. The number of amides is 1. The van der Waals surface area contributed by atoms with Gasteiger partial charge in [-0.15, -0.1) is 11.8 Å². The molecular weight excluding hydrogens is 623 g/mol. The van der Waals surface area contributed by atoms with Crippen LogP contribution in [0, 0.1) is 5.92 Å². The number of aliphatic hydroxyl groups is 1. The molecule has 1 amide bonds. The van der Waals surface area contributed by atoms with Crippen LogP contribution in [0.1, 0.15) is 62.3 Å². The quantitative estimate of drug-likeness (QED) is 0.123. The Kier molecular flexibility index (Phi) is 10.7. The van der Waals surface area contributed by atoms with Gasteiger partial charge in [-0.3, -0.25) is 4.79 Å². The predicted molar refractivity (Wildman–Crippen MR) is 187 cm³/mol. The van der Waals surface area contributed by atoms with Crippen molar-refractivity contribution in [2.75, 3.05) is 5.75 Å². The van der Waals surface area contributed by atoms with Gasteiger partial charge in [0.2, 0.25) is 0 Å². The van der Waals surface area contributed by atoms with Crippen molar-refractivity contribution in [3.8, 4) is 11.1 Å². The largest absolute Gasteiger partial charge is 0.478 e. The first-order valence-corrected chi connectivity index (χ1v) is 16.9. The summed E-state index contributed by atoms with van der Waals surface area (Å²) in [5, 5.41) is 22.3. The number of rotatable bonds is 11. The number of carbonyl (C=O) groups excluding carboxylic acids is 1. The SMILES string of the molecule is CC1C(CSc2ccccc2C(=O)O)OC(c2cccc(-c3cccc(CNC(=O)c4ccccc4)c3)c2)OC1c1ccc(CO)cc1. The molecule has 1 aliphatic rings. The maximum Gasteiger partial charge on any atom is 0.336 e. The minimum absolute atomic E-state index is 0.0390. The van der Waals surface area contributed by atoms with Gasteiger partial charge in [0.25, 0.3) is 5.91 Å². The average molecular weight is 660 g/mol. The van der Waals surface area contributed by atoms with Crippen LogP contribution >= 0.6 is 11.8 Å². The highest BCUT2D eigenvalue weighted by atomic mass is 32.2. The lowest BCUT2D eigenvalue weighted by Crippen LogP contribution is -2.38. The first-order valence-electron chi connectivity index (χ1n) is 15.9. The number of aliphatic hydroxyl groups excluding tert-OH is 1. The first kappa shape index (κ1) is 33.2. The summed E-state index contributed by atoms with van der Waals surface area (Å²) < 4.78 is 13.3. The summed E-state index contributed by atoms with van der Waals surface area (Å²) >= 11 is 1.47. The van der Waals surface area contributed by atoms with E-state index in [1.807, 2.05) is 91.0 Å². The highest BCUT2D eigenvalue weighted by molar-refractivity contribution is 7.99. The Labute approximate surface area is 284 Å². The van der Waals surface area contributed by atoms with E-state index in [2.05, 4.69) is 24.4 Å². The number of aromatic carboxylic acids is 1. The summed E-state index contributed by atoms with van der Waals surface area (Å²) in [5.74, 6) is -0.592. The van der Waals surface area contributed by atoms with E-state index in [-0.39, 0.29) is 36.2 Å². The average Bonchev–Trinajstić information content (AvgIpc) is 3.14. The van der Waals surface area contributed by atoms with Gasteiger partial charge in [-0.1, -0.05) is 97.9 Å². The molecule has 1 heterocycles. The van der Waals surface area contributed by atoms with E-state index in [1.54, 1.807) is 24.3 Å². The molecule has 0 aromatic heterocycles. The summed E-state index contributed by atoms with van der Waals surface area (Å²) in [5.41, 5.74) is 6.52. The fourth-order valence-corrected chi connectivity index (χ4v) is 7.06. The van der Waals surface area contributed by atoms with Crippen molar-refractivity contribution in [2.45, 2.75) is 43.5 Å². The third kappa shape index (κ3) is 7.86. The lowest BCUT2D eigenvalue weighted by atomic mass is 9.91. The fraction of sp³-hybridized carbons (Fsp3) is 0.200. The summed E-state index contributed by atoms with van der Waals surface area (Å²) in [7, 11) is 0. The van der Waals surface area contributed by atoms with Crippen molar-refractivity contribution < 1.29 is 29.3 Å². The number of hydrogen-bond donors (Lipinski definition) is 3. The molecule has 1 aliphatic heterocycles. The van der Waals surface area contributed by atoms with Gasteiger partial charge in [-0.05, 0) is 64.2 Å². The second kappa shape index (κ2) is 15.4. The van der Waals surface area contributed by atoms with Crippen molar-refractivity contribution in [1.82, 2.24) is 5.32 Å². The number of ether oxygens (including phenoxy) is 2. The molecule has 5 aromatic rings. The second-order valence-electron chi connectivity index (χ2n) is 11.8. The summed E-state index contributed by atoms with van der Waals surface area (Å²) in [6.45, 7) is 2.45. The van der Waals surface area contributed by atoms with E-state index in [0.29, 0.717) is 22.8 Å². The number of carboxylic acid groups (broad SMARTS) is 1. The molecule has 1 fully saturated rings. The highest BCUT2D eigenvalue weighted by Gasteiger charge is 2.38. The zero-order valence-electron chi connectivity index (χ0n) is 26.5. The Hall–Kier alpha value is -4.73. The molecule has 5 aromatic carbocycles. The summed E-state index contributed by atoms with van der Waals surface area (Å²) in [4.78, 5) is 25.1. The molecule has 1 saturated heterocycles. The summed E-state index contributed by atoms with van der Waals surface area (Å²) in [6, 6.07) is 40.1. The molecule has 6 rings (SSSR count). The maximum atomic E-state index is 12.6. The highest BCUT2D eigenvalue weighted by Crippen LogP contribution is 2.43. The van der Waals surface area contributed by atoms with Crippen molar-refractivity contribution in [3.05, 3.63) is 161 Å². The lowest BCUT2D eigenvalue weighted by Gasteiger charge is -2.41. The van der Waals surface area contributed by atoms with E-state index in [9.17, 15) is 19.8 Å². The van der Waals surface area contributed by atoms with Crippen LogP contribution in [0.15, 0.2) is 132 Å². The molecule has 244 valence electrons. The molecule has 4 unspecified atom stereocenters. The Morgan fingerprint density at radius 1 is 0.750 bits per heavy atom. The van der Waals surface area contributed by atoms with E-state index in [4.69, 9.17) is 9.47 Å². The zero-order valence-corrected chi connectivity index (χ0v) is 27.3. The monoisotopic (exact) mass is 659 g/mol. The van der Waals surface area contributed by atoms with Crippen LogP contribution in [-0.4, -0.2) is 33.9 Å². The van der Waals surface area contributed by atoms with Gasteiger partial charge >= 0.3 is 5.97 Å². The molecule has 0 spiro atoms. The minimum Gasteiger partial charge on any atom is -0.478 e. The van der Waals surface area contributed by atoms with Crippen LogP contribution in [0.5, 0.6) is 0 Å². The standard InChI is InChI=1S/C40H37NO6S/c1-26-35(25-48-36-16-6-5-15-34(36)39(44)45)46-40(47-37(26)29-19-17-27(24-42)18-20-29)33-14-8-13-32(22-33)31-12-7-9-28(21-31)23-41-38(43)30-10-3-2-4-11-30/h2-22,26,35,37,40,42H,23-25H2,1H3,(H,41,43)(H,44,45). The van der Waals surface area contributed by atoms with E-state index < -0.39 is 12.3 Å². The molecule has 0 radical (unpaired) electrons. The Morgan fingerprint density at radius 3 is 2.21 bits per heavy atom.